The molecule has 0 unspecified atom stereocenters. The van der Waals surface area contributed by atoms with Gasteiger partial charge < -0.3 is 14.2 Å². The van der Waals surface area contributed by atoms with Crippen molar-refractivity contribution in [3.05, 3.63) is 41.5 Å². The van der Waals surface area contributed by atoms with Gasteiger partial charge >= 0.3 is 5.97 Å². The highest BCUT2D eigenvalue weighted by Gasteiger charge is 2.02. The lowest BCUT2D eigenvalue weighted by molar-refractivity contribution is -0.136. The molecule has 1 aromatic rings. The molecule has 0 aliphatic carbocycles. The molecular weight excluding hydrogens is 232 g/mol. The van der Waals surface area contributed by atoms with Crippen LogP contribution in [0.2, 0.25) is 0 Å². The van der Waals surface area contributed by atoms with Gasteiger partial charge in [0.1, 0.15) is 12.4 Å². The Morgan fingerprint density at radius 2 is 2.11 bits per heavy atom. The van der Waals surface area contributed by atoms with Crippen LogP contribution >= 0.6 is 0 Å². The molecule has 0 radical (unpaired) electrons. The fraction of sp³-hybridized carbons (Fsp3) is 0.357. The molecule has 1 rings (SSSR count). The van der Waals surface area contributed by atoms with Gasteiger partial charge in [-0.3, -0.25) is 0 Å². The monoisotopic (exact) mass is 250 g/mol. The Hall–Kier alpha value is -1.81. The van der Waals surface area contributed by atoms with Crippen molar-refractivity contribution in [2.75, 3.05) is 20.8 Å². The van der Waals surface area contributed by atoms with Crippen LogP contribution in [0.5, 0.6) is 5.75 Å². The summed E-state index contributed by atoms with van der Waals surface area (Å²) in [6.45, 7) is 2.57. The minimum Gasteiger partial charge on any atom is -0.490 e. The minimum absolute atomic E-state index is 0.331. The quantitative estimate of drug-likeness (QED) is 0.574. The molecule has 0 aliphatic rings. The smallest absolute Gasteiger partial charge is 0.333 e. The molecule has 0 fully saturated rings. The Bertz CT molecular complexity index is 424. The summed E-state index contributed by atoms with van der Waals surface area (Å²) in [5.41, 5.74) is 1.58. The van der Waals surface area contributed by atoms with E-state index in [1.807, 2.05) is 24.3 Å². The Morgan fingerprint density at radius 3 is 2.78 bits per heavy atom. The van der Waals surface area contributed by atoms with Gasteiger partial charge in [-0.25, -0.2) is 4.79 Å². The van der Waals surface area contributed by atoms with E-state index in [0.29, 0.717) is 18.8 Å². The summed E-state index contributed by atoms with van der Waals surface area (Å²) in [5, 5.41) is 0. The summed E-state index contributed by atoms with van der Waals surface area (Å²) in [4.78, 5) is 11.1. The van der Waals surface area contributed by atoms with Crippen molar-refractivity contribution in [2.24, 2.45) is 0 Å². The maximum absolute atomic E-state index is 11.1. The molecule has 4 nitrogen and oxygen atoms in total. The molecule has 0 atom stereocenters. The highest BCUT2D eigenvalue weighted by molar-refractivity contribution is 5.87. The number of carbonyl (C=O) groups is 1. The number of benzene rings is 1. The van der Waals surface area contributed by atoms with Gasteiger partial charge in [0.25, 0.3) is 0 Å². The molecule has 0 N–H and O–H groups in total. The van der Waals surface area contributed by atoms with E-state index in [1.165, 1.54) is 7.11 Å². The van der Waals surface area contributed by atoms with Crippen LogP contribution in [-0.4, -0.2) is 26.8 Å². The number of carbonyl (C=O) groups excluding carboxylic acids is 1. The maximum Gasteiger partial charge on any atom is 0.333 e. The Balaban J connectivity index is 2.53. The van der Waals surface area contributed by atoms with Crippen molar-refractivity contribution in [1.29, 1.82) is 0 Å². The average Bonchev–Trinajstić information content (AvgIpc) is 2.38. The second-order valence-corrected chi connectivity index (χ2v) is 3.77. The van der Waals surface area contributed by atoms with Gasteiger partial charge in [0, 0.05) is 12.7 Å². The summed E-state index contributed by atoms with van der Waals surface area (Å²) in [7, 11) is 3.00. The first-order chi connectivity index (χ1) is 8.67. The van der Waals surface area contributed by atoms with Crippen LogP contribution in [0.3, 0.4) is 0 Å². The van der Waals surface area contributed by atoms with Gasteiger partial charge in [0.05, 0.1) is 13.7 Å². The van der Waals surface area contributed by atoms with Crippen molar-refractivity contribution >= 4 is 5.97 Å². The summed E-state index contributed by atoms with van der Waals surface area (Å²) in [6.07, 6.45) is 1.69. The maximum atomic E-state index is 11.1. The second kappa shape index (κ2) is 7.50. The summed E-state index contributed by atoms with van der Waals surface area (Å²) < 4.78 is 15.1. The van der Waals surface area contributed by atoms with E-state index in [1.54, 1.807) is 20.1 Å². The first kappa shape index (κ1) is 14.3. The first-order valence-electron chi connectivity index (χ1n) is 5.63. The van der Waals surface area contributed by atoms with E-state index in [4.69, 9.17) is 9.47 Å². The Kier molecular flexibility index (Phi) is 5.94. The zero-order valence-corrected chi connectivity index (χ0v) is 10.9. The van der Waals surface area contributed by atoms with E-state index in [0.717, 1.165) is 11.3 Å². The molecule has 18 heavy (non-hydrogen) atoms. The van der Waals surface area contributed by atoms with Crippen LogP contribution in [0, 0.1) is 0 Å². The molecule has 0 saturated heterocycles. The molecule has 98 valence electrons. The van der Waals surface area contributed by atoms with Crippen molar-refractivity contribution in [3.8, 4) is 5.75 Å². The number of hydrogen-bond acceptors (Lipinski definition) is 4. The Morgan fingerprint density at radius 1 is 1.33 bits per heavy atom. The van der Waals surface area contributed by atoms with E-state index in [2.05, 4.69) is 4.74 Å². The number of esters is 1. The van der Waals surface area contributed by atoms with Gasteiger partial charge in [0.2, 0.25) is 0 Å². The van der Waals surface area contributed by atoms with Gasteiger partial charge in [-0.05, 0) is 30.7 Å². The third-order valence-corrected chi connectivity index (χ3v) is 2.36. The van der Waals surface area contributed by atoms with Gasteiger partial charge in [-0.2, -0.15) is 0 Å². The minimum atomic E-state index is -0.341. The summed E-state index contributed by atoms with van der Waals surface area (Å²) in [5.74, 6) is 0.408. The number of methoxy groups -OCH3 is 2. The zero-order chi connectivity index (χ0) is 13.4. The van der Waals surface area contributed by atoms with Crippen LogP contribution in [0.1, 0.15) is 12.5 Å². The predicted molar refractivity (Wildman–Crippen MR) is 68.4 cm³/mol. The van der Waals surface area contributed by atoms with Crippen molar-refractivity contribution in [3.63, 3.8) is 0 Å². The van der Waals surface area contributed by atoms with E-state index in [-0.39, 0.29) is 5.97 Å². The standard InChI is InChI=1S/C14H18O4/c1-11(14(15)17-3)7-8-18-13-6-4-5-12(9-13)10-16-2/h4-7,9H,8,10H2,1-3H3. The van der Waals surface area contributed by atoms with E-state index < -0.39 is 0 Å². The molecule has 0 aliphatic heterocycles. The molecular formula is C14H18O4. The first-order valence-corrected chi connectivity index (χ1v) is 5.63. The van der Waals surface area contributed by atoms with Crippen molar-refractivity contribution in [2.45, 2.75) is 13.5 Å². The van der Waals surface area contributed by atoms with Crippen LogP contribution in [0.4, 0.5) is 0 Å². The topological polar surface area (TPSA) is 44.8 Å². The van der Waals surface area contributed by atoms with E-state index in [9.17, 15) is 4.79 Å². The lowest BCUT2D eigenvalue weighted by Crippen LogP contribution is -2.04. The molecule has 0 amide bonds. The molecule has 0 bridgehead atoms. The molecule has 1 aromatic carbocycles. The Labute approximate surface area is 107 Å². The van der Waals surface area contributed by atoms with Gasteiger partial charge in [-0.15, -0.1) is 0 Å². The lowest BCUT2D eigenvalue weighted by Gasteiger charge is -2.06. The largest absolute Gasteiger partial charge is 0.490 e. The molecule has 0 aromatic heterocycles. The third kappa shape index (κ3) is 4.59. The summed E-state index contributed by atoms with van der Waals surface area (Å²) in [6, 6.07) is 7.64. The normalized spacial score (nSPS) is 11.2. The zero-order valence-electron chi connectivity index (χ0n) is 10.9. The lowest BCUT2D eigenvalue weighted by atomic mass is 10.2. The second-order valence-electron chi connectivity index (χ2n) is 3.77. The number of ether oxygens (including phenoxy) is 3. The van der Waals surface area contributed by atoms with Crippen LogP contribution in [0.15, 0.2) is 35.9 Å². The average molecular weight is 250 g/mol. The van der Waals surface area contributed by atoms with Crippen LogP contribution in [-0.2, 0) is 20.9 Å². The number of rotatable bonds is 6. The third-order valence-electron chi connectivity index (χ3n) is 2.36. The highest BCUT2D eigenvalue weighted by atomic mass is 16.5. The summed E-state index contributed by atoms with van der Waals surface area (Å²) >= 11 is 0. The fourth-order valence-electron chi connectivity index (χ4n) is 1.40. The van der Waals surface area contributed by atoms with Gasteiger partial charge in [0.15, 0.2) is 0 Å². The van der Waals surface area contributed by atoms with E-state index >= 15 is 0 Å². The SMILES string of the molecule is COCc1cccc(OCC=C(C)C(=O)OC)c1. The molecule has 0 saturated carbocycles. The number of hydrogen-bond donors (Lipinski definition) is 0. The molecule has 4 heteroatoms. The molecule has 0 heterocycles. The van der Waals surface area contributed by atoms with Crippen LogP contribution < -0.4 is 4.74 Å². The fourth-order valence-corrected chi connectivity index (χ4v) is 1.40. The van der Waals surface area contributed by atoms with Crippen molar-refractivity contribution in [1.82, 2.24) is 0 Å². The van der Waals surface area contributed by atoms with Gasteiger partial charge in [-0.1, -0.05) is 12.1 Å². The highest BCUT2D eigenvalue weighted by Crippen LogP contribution is 2.14. The van der Waals surface area contributed by atoms with Crippen LogP contribution in [0.25, 0.3) is 0 Å². The molecule has 0 spiro atoms. The van der Waals surface area contributed by atoms with Crippen molar-refractivity contribution < 1.29 is 19.0 Å². The predicted octanol–water partition coefficient (Wildman–Crippen LogP) is 2.33.